The van der Waals surface area contributed by atoms with Crippen molar-refractivity contribution < 1.29 is 154 Å². The summed E-state index contributed by atoms with van der Waals surface area (Å²) in [5.41, 5.74) is 0. The van der Waals surface area contributed by atoms with Crippen LogP contribution in [0.4, 0.5) is 0 Å². The van der Waals surface area contributed by atoms with Crippen LogP contribution in [0, 0.1) is 0 Å². The van der Waals surface area contributed by atoms with E-state index in [4.69, 9.17) is 47.4 Å². The largest absolute Gasteiger partial charge is 0.394 e. The second-order valence-electron chi connectivity index (χ2n) is 16.4. The number of hydrogen-bond acceptors (Lipinski definition) is 31. The van der Waals surface area contributed by atoms with Crippen molar-refractivity contribution in [3.63, 3.8) is 0 Å². The molecule has 0 aliphatic carbocycles. The Labute approximate surface area is 378 Å². The minimum Gasteiger partial charge on any atom is -0.394 e. The number of aliphatic hydroxyl groups excluding tert-OH is 20. The van der Waals surface area contributed by atoms with Gasteiger partial charge in [0.15, 0.2) is 37.7 Å². The van der Waals surface area contributed by atoms with E-state index < -0.39 is 218 Å². The first-order valence-electron chi connectivity index (χ1n) is 20.9. The number of aliphatic hydroxyl groups is 20. The Bertz CT molecular complexity index is 1480. The van der Waals surface area contributed by atoms with E-state index in [0.29, 0.717) is 0 Å². The first-order chi connectivity index (χ1) is 31.7. The number of ether oxygens (including phenoxy) is 10. The molecule has 5 fully saturated rings. The third-order valence-electron chi connectivity index (χ3n) is 12.0. The molecule has 0 unspecified atom stereocenters. The maximum atomic E-state index is 11.2. The molecular formula is C36H62O31. The predicted octanol–water partition coefficient (Wildman–Crippen LogP) is -14.3. The third kappa shape index (κ3) is 12.1. The zero-order valence-electron chi connectivity index (χ0n) is 35.0. The van der Waals surface area contributed by atoms with Gasteiger partial charge in [-0.3, -0.25) is 0 Å². The zero-order chi connectivity index (χ0) is 49.8. The van der Waals surface area contributed by atoms with Gasteiger partial charge in [-0.25, -0.2) is 0 Å². The molecule has 0 bridgehead atoms. The fourth-order valence-electron chi connectivity index (χ4n) is 8.06. The molecule has 5 aliphatic rings. The van der Waals surface area contributed by atoms with Crippen LogP contribution in [0.5, 0.6) is 0 Å². The van der Waals surface area contributed by atoms with Gasteiger partial charge in [-0.1, -0.05) is 0 Å². The van der Waals surface area contributed by atoms with Crippen LogP contribution in [-0.4, -0.2) is 326 Å². The van der Waals surface area contributed by atoms with Crippen LogP contribution in [0.15, 0.2) is 0 Å². The molecule has 0 spiro atoms. The van der Waals surface area contributed by atoms with Crippen molar-refractivity contribution in [3.05, 3.63) is 0 Å². The summed E-state index contributed by atoms with van der Waals surface area (Å²) < 4.78 is 55.0. The van der Waals surface area contributed by atoms with Crippen molar-refractivity contribution >= 4 is 6.29 Å². The van der Waals surface area contributed by atoms with Crippen molar-refractivity contribution in [2.75, 3.05) is 39.6 Å². The van der Waals surface area contributed by atoms with Gasteiger partial charge in [-0.05, 0) is 0 Å². The highest BCUT2D eigenvalue weighted by Crippen LogP contribution is 2.36. The molecule has 67 heavy (non-hydrogen) atoms. The lowest BCUT2D eigenvalue weighted by molar-refractivity contribution is -0.394. The van der Waals surface area contributed by atoms with Gasteiger partial charge in [0.25, 0.3) is 0 Å². The van der Waals surface area contributed by atoms with Crippen molar-refractivity contribution in [2.24, 2.45) is 0 Å². The van der Waals surface area contributed by atoms with Gasteiger partial charge in [0.2, 0.25) is 0 Å². The second kappa shape index (κ2) is 24.7. The van der Waals surface area contributed by atoms with E-state index in [9.17, 15) is 107 Å². The third-order valence-corrected chi connectivity index (χ3v) is 12.0. The maximum Gasteiger partial charge on any atom is 0.187 e. The van der Waals surface area contributed by atoms with Gasteiger partial charge in [-0.15, -0.1) is 0 Å². The average molecular weight is 991 g/mol. The molecule has 0 aromatic carbocycles. The standard InChI is InChI=1S/C36H62O31/c37-1-8(44)15(46)27(9(45)2-38)63-33-23(54)18(49)29(11(4-40)59-33)65-35-25(56)20(51)31(13(6-42)61-35)67-36-26(57)21(52)30(14(7-43)62-36)66-34-24(55)19(50)28(12(5-41)60-34)64-32-22(53)17(48)16(47)10(3-39)58-32/h1,8-36,38-57H,2-7H2/t8-,9+,10+,11+,12+,13+,14+,15+,16+,17-,18+,19+,20+,21+,22+,23+,24+,25+,26+,27+,28+,29+,30+,31+,32+,33+,34+,35+,36+/m0/s1. The molecule has 31 nitrogen and oxygen atoms in total. The molecule has 29 atom stereocenters. The monoisotopic (exact) mass is 990 g/mol. The highest BCUT2D eigenvalue weighted by Gasteiger charge is 2.57. The molecule has 0 radical (unpaired) electrons. The molecule has 0 aromatic rings. The van der Waals surface area contributed by atoms with E-state index in [1.165, 1.54) is 0 Å². The highest BCUT2D eigenvalue weighted by molar-refractivity contribution is 5.56. The maximum absolute atomic E-state index is 11.2. The Morgan fingerprint density at radius 3 is 0.970 bits per heavy atom. The average Bonchev–Trinajstić information content (AvgIpc) is 3.33. The van der Waals surface area contributed by atoms with E-state index in [-0.39, 0.29) is 6.29 Å². The van der Waals surface area contributed by atoms with E-state index in [0.717, 1.165) is 0 Å². The summed E-state index contributed by atoms with van der Waals surface area (Å²) in [5, 5.41) is 208. The smallest absolute Gasteiger partial charge is 0.187 e. The molecule has 0 aromatic heterocycles. The molecule has 20 N–H and O–H groups in total. The van der Waals surface area contributed by atoms with E-state index in [1.54, 1.807) is 0 Å². The Morgan fingerprint density at radius 1 is 0.388 bits per heavy atom. The number of rotatable bonds is 20. The first kappa shape index (κ1) is 56.4. The molecular weight excluding hydrogens is 928 g/mol. The normalized spacial score (nSPS) is 48.3. The first-order valence-corrected chi connectivity index (χ1v) is 20.9. The van der Waals surface area contributed by atoms with E-state index in [1.807, 2.05) is 0 Å². The predicted molar refractivity (Wildman–Crippen MR) is 200 cm³/mol. The number of carbonyl (C=O) groups excluding carboxylic acids is 1. The fraction of sp³-hybridized carbons (Fsp3) is 0.972. The Balaban J connectivity index is 1.22. The molecule has 0 saturated carbocycles. The van der Waals surface area contributed by atoms with Crippen molar-refractivity contribution in [1.29, 1.82) is 0 Å². The summed E-state index contributed by atoms with van der Waals surface area (Å²) in [6.07, 6.45) is -56.8. The number of carbonyl (C=O) groups is 1. The molecule has 5 aliphatic heterocycles. The van der Waals surface area contributed by atoms with Gasteiger partial charge in [-0.2, -0.15) is 0 Å². The van der Waals surface area contributed by atoms with Crippen LogP contribution in [0.2, 0.25) is 0 Å². The SMILES string of the molecule is O=C[C@H](O)[C@@H](O)[C@H](O[C@H]1O[C@H](CO)[C@@H](O[C@H]2O[C@H](CO)[C@@H](O[C@H]3O[C@H](CO)[C@@H](O[C@H]4O[C@H](CO)[C@@H](O[C@H]5O[C@H](CO)[C@@H](O)[C@H](O)[C@H]5O)[C@H](O)[C@H]4O)[C@H](O)[C@H]3O)[C@H](O)[C@H]2O)[C@H](O)[C@H]1O)[C@H](O)CO. The summed E-state index contributed by atoms with van der Waals surface area (Å²) in [6, 6.07) is 0. The van der Waals surface area contributed by atoms with Crippen molar-refractivity contribution in [1.82, 2.24) is 0 Å². The quantitative estimate of drug-likeness (QED) is 0.0504. The number of aldehydes is 1. The minimum atomic E-state index is -2.20. The van der Waals surface area contributed by atoms with E-state index >= 15 is 0 Å². The summed E-state index contributed by atoms with van der Waals surface area (Å²) in [6.45, 7) is -6.01. The summed E-state index contributed by atoms with van der Waals surface area (Å²) >= 11 is 0. The topological polar surface area (TPSA) is 514 Å². The van der Waals surface area contributed by atoms with Crippen LogP contribution in [0.3, 0.4) is 0 Å². The molecule has 0 amide bonds. The van der Waals surface area contributed by atoms with Crippen LogP contribution in [-0.2, 0) is 52.2 Å². The van der Waals surface area contributed by atoms with Gasteiger partial charge in [0.05, 0.1) is 39.6 Å². The fourth-order valence-corrected chi connectivity index (χ4v) is 8.06. The molecule has 5 heterocycles. The van der Waals surface area contributed by atoms with Crippen LogP contribution >= 0.6 is 0 Å². The van der Waals surface area contributed by atoms with Gasteiger partial charge in [0.1, 0.15) is 146 Å². The minimum absolute atomic E-state index is 0.124. The van der Waals surface area contributed by atoms with Crippen LogP contribution < -0.4 is 0 Å². The van der Waals surface area contributed by atoms with Crippen molar-refractivity contribution in [3.8, 4) is 0 Å². The van der Waals surface area contributed by atoms with Crippen LogP contribution in [0.1, 0.15) is 0 Å². The lowest BCUT2D eigenvalue weighted by Gasteiger charge is -2.49. The van der Waals surface area contributed by atoms with E-state index in [2.05, 4.69) is 0 Å². The Morgan fingerprint density at radius 2 is 0.672 bits per heavy atom. The van der Waals surface area contributed by atoms with Gasteiger partial charge in [0, 0.05) is 0 Å². The Hall–Kier alpha value is -1.53. The summed E-state index contributed by atoms with van der Waals surface area (Å²) in [4.78, 5) is 11.0. The van der Waals surface area contributed by atoms with Crippen molar-refractivity contribution in [2.45, 2.75) is 178 Å². The van der Waals surface area contributed by atoms with Gasteiger partial charge < -0.3 is 154 Å². The Kier molecular flexibility index (Phi) is 20.8. The summed E-state index contributed by atoms with van der Waals surface area (Å²) in [7, 11) is 0. The van der Waals surface area contributed by atoms with Crippen LogP contribution in [0.25, 0.3) is 0 Å². The number of hydrogen-bond donors (Lipinski definition) is 20. The summed E-state index contributed by atoms with van der Waals surface area (Å²) in [5.74, 6) is 0. The molecule has 392 valence electrons. The highest BCUT2D eigenvalue weighted by atomic mass is 16.8. The molecule has 5 rings (SSSR count). The van der Waals surface area contributed by atoms with Gasteiger partial charge >= 0.3 is 0 Å². The lowest BCUT2D eigenvalue weighted by atomic mass is 9.95. The zero-order valence-corrected chi connectivity index (χ0v) is 35.0. The molecule has 5 saturated heterocycles. The lowest BCUT2D eigenvalue weighted by Crippen LogP contribution is -2.68. The molecule has 31 heteroatoms. The second-order valence-corrected chi connectivity index (χ2v) is 16.4.